The number of methoxy groups -OCH3 is 1. The van der Waals surface area contributed by atoms with Crippen LogP contribution in [-0.2, 0) is 11.3 Å². The predicted octanol–water partition coefficient (Wildman–Crippen LogP) is 5.35. The number of carbonyl (C=O) groups excluding carboxylic acids is 1. The number of hydrogen-bond acceptors (Lipinski definition) is 2. The van der Waals surface area contributed by atoms with Gasteiger partial charge in [0.1, 0.15) is 5.75 Å². The van der Waals surface area contributed by atoms with Gasteiger partial charge in [0.05, 0.1) is 29.9 Å². The van der Waals surface area contributed by atoms with Crippen molar-refractivity contribution in [2.75, 3.05) is 12.0 Å². The Labute approximate surface area is 163 Å². The van der Waals surface area contributed by atoms with Crippen LogP contribution >= 0.6 is 11.6 Å². The Morgan fingerprint density at radius 2 is 1.59 bits per heavy atom. The maximum atomic E-state index is 13.3. The van der Waals surface area contributed by atoms with Crippen LogP contribution in [0.4, 0.5) is 5.69 Å². The summed E-state index contributed by atoms with van der Waals surface area (Å²) >= 11 is 6.69. The molecular formula is C23H18ClNO2. The molecule has 3 aromatic carbocycles. The summed E-state index contributed by atoms with van der Waals surface area (Å²) in [6.07, 6.45) is 0. The van der Waals surface area contributed by atoms with Gasteiger partial charge < -0.3 is 9.64 Å². The number of para-hydroxylation sites is 1. The molecule has 0 bridgehead atoms. The highest BCUT2D eigenvalue weighted by Gasteiger charge is 2.34. The predicted molar refractivity (Wildman–Crippen MR) is 110 cm³/mol. The Morgan fingerprint density at radius 1 is 0.926 bits per heavy atom. The number of ether oxygens (including phenoxy) is 1. The van der Waals surface area contributed by atoms with E-state index in [9.17, 15) is 4.79 Å². The molecule has 1 heterocycles. The fraction of sp³-hybridized carbons (Fsp3) is 0.0870. The number of nitrogens with zero attached hydrogens (tertiary/aromatic N) is 1. The fourth-order valence-corrected chi connectivity index (χ4v) is 3.61. The van der Waals surface area contributed by atoms with E-state index in [4.69, 9.17) is 16.3 Å². The molecule has 0 unspecified atom stereocenters. The Hall–Kier alpha value is -3.04. The summed E-state index contributed by atoms with van der Waals surface area (Å²) in [5, 5.41) is 0.450. The third-order valence-corrected chi connectivity index (χ3v) is 5.08. The van der Waals surface area contributed by atoms with Crippen LogP contribution in [0.25, 0.3) is 10.6 Å². The molecule has 0 aromatic heterocycles. The third-order valence-electron chi connectivity index (χ3n) is 4.67. The number of benzene rings is 3. The van der Waals surface area contributed by atoms with Gasteiger partial charge in [-0.25, -0.2) is 0 Å². The molecule has 134 valence electrons. The molecule has 0 aliphatic carbocycles. The van der Waals surface area contributed by atoms with Gasteiger partial charge in [-0.15, -0.1) is 0 Å². The van der Waals surface area contributed by atoms with Crippen molar-refractivity contribution in [1.29, 1.82) is 0 Å². The first kappa shape index (κ1) is 17.4. The Balaban J connectivity index is 1.78. The molecule has 3 nitrogen and oxygen atoms in total. The molecule has 1 aliphatic heterocycles. The van der Waals surface area contributed by atoms with Gasteiger partial charge in [0.15, 0.2) is 0 Å². The zero-order valence-corrected chi connectivity index (χ0v) is 15.6. The van der Waals surface area contributed by atoms with Crippen molar-refractivity contribution in [3.05, 3.63) is 95.6 Å². The molecule has 0 saturated carbocycles. The maximum absolute atomic E-state index is 13.3. The van der Waals surface area contributed by atoms with Crippen LogP contribution in [0.1, 0.15) is 16.7 Å². The van der Waals surface area contributed by atoms with Crippen LogP contribution in [0.15, 0.2) is 78.9 Å². The number of amides is 1. The van der Waals surface area contributed by atoms with Crippen molar-refractivity contribution in [2.45, 2.75) is 6.54 Å². The van der Waals surface area contributed by atoms with E-state index in [1.54, 1.807) is 12.0 Å². The summed E-state index contributed by atoms with van der Waals surface area (Å²) in [5.74, 6) is 0.665. The van der Waals surface area contributed by atoms with Crippen molar-refractivity contribution in [2.24, 2.45) is 0 Å². The van der Waals surface area contributed by atoms with Gasteiger partial charge in [-0.05, 0) is 41.5 Å². The minimum atomic E-state index is -0.0825. The SMILES string of the molecule is COc1ccc(/C(Cl)=C2/C(=O)N(Cc3ccccc3)c3ccccc32)cc1. The van der Waals surface area contributed by atoms with Gasteiger partial charge in [-0.2, -0.15) is 0 Å². The van der Waals surface area contributed by atoms with E-state index in [0.717, 1.165) is 28.1 Å². The third kappa shape index (κ3) is 3.22. The van der Waals surface area contributed by atoms with Crippen molar-refractivity contribution in [3.8, 4) is 5.75 Å². The lowest BCUT2D eigenvalue weighted by atomic mass is 10.0. The van der Waals surface area contributed by atoms with E-state index in [0.29, 0.717) is 17.2 Å². The van der Waals surface area contributed by atoms with Crippen LogP contribution in [0.2, 0.25) is 0 Å². The first-order valence-electron chi connectivity index (χ1n) is 8.68. The lowest BCUT2D eigenvalue weighted by Crippen LogP contribution is -2.25. The fourth-order valence-electron chi connectivity index (χ4n) is 3.30. The van der Waals surface area contributed by atoms with E-state index >= 15 is 0 Å². The molecule has 0 N–H and O–H groups in total. The number of anilines is 1. The lowest BCUT2D eigenvalue weighted by Gasteiger charge is -2.17. The quantitative estimate of drug-likeness (QED) is 0.575. The van der Waals surface area contributed by atoms with Crippen LogP contribution in [0.5, 0.6) is 5.75 Å². The Kier molecular flexibility index (Phi) is 4.69. The monoisotopic (exact) mass is 375 g/mol. The second kappa shape index (κ2) is 7.29. The van der Waals surface area contributed by atoms with Gasteiger partial charge in [-0.3, -0.25) is 4.79 Å². The summed E-state index contributed by atoms with van der Waals surface area (Å²) < 4.78 is 5.20. The molecular weight excluding hydrogens is 358 g/mol. The van der Waals surface area contributed by atoms with Crippen LogP contribution in [0.3, 0.4) is 0 Å². The van der Waals surface area contributed by atoms with Crippen LogP contribution in [0, 0.1) is 0 Å². The first-order valence-corrected chi connectivity index (χ1v) is 9.06. The summed E-state index contributed by atoms with van der Waals surface area (Å²) in [5.41, 5.74) is 4.14. The largest absolute Gasteiger partial charge is 0.497 e. The highest BCUT2D eigenvalue weighted by atomic mass is 35.5. The highest BCUT2D eigenvalue weighted by molar-refractivity contribution is 6.59. The molecule has 1 aliphatic rings. The molecule has 3 aromatic rings. The zero-order valence-electron chi connectivity index (χ0n) is 14.9. The van der Waals surface area contributed by atoms with E-state index < -0.39 is 0 Å². The molecule has 0 atom stereocenters. The second-order valence-electron chi connectivity index (χ2n) is 6.31. The summed E-state index contributed by atoms with van der Waals surface area (Å²) in [6.45, 7) is 0.507. The van der Waals surface area contributed by atoms with Crippen LogP contribution < -0.4 is 9.64 Å². The van der Waals surface area contributed by atoms with Crippen molar-refractivity contribution >= 4 is 33.8 Å². The van der Waals surface area contributed by atoms with E-state index in [-0.39, 0.29) is 5.91 Å². The molecule has 1 amide bonds. The van der Waals surface area contributed by atoms with Gasteiger partial charge in [0.2, 0.25) is 0 Å². The van der Waals surface area contributed by atoms with Crippen molar-refractivity contribution in [3.63, 3.8) is 0 Å². The molecule has 0 spiro atoms. The van der Waals surface area contributed by atoms with E-state index in [1.807, 2.05) is 78.9 Å². The molecule has 27 heavy (non-hydrogen) atoms. The maximum Gasteiger partial charge on any atom is 0.260 e. The highest BCUT2D eigenvalue weighted by Crippen LogP contribution is 2.42. The van der Waals surface area contributed by atoms with Gasteiger partial charge in [0.25, 0.3) is 5.91 Å². The average Bonchev–Trinajstić information content (AvgIpc) is 3.00. The minimum Gasteiger partial charge on any atom is -0.497 e. The summed E-state index contributed by atoms with van der Waals surface area (Å²) in [6, 6.07) is 25.1. The molecule has 0 saturated heterocycles. The molecule has 4 heteroatoms. The molecule has 0 radical (unpaired) electrons. The van der Waals surface area contributed by atoms with Gasteiger partial charge in [-0.1, -0.05) is 60.1 Å². The van der Waals surface area contributed by atoms with Gasteiger partial charge >= 0.3 is 0 Å². The van der Waals surface area contributed by atoms with E-state index in [2.05, 4.69) is 0 Å². The summed E-state index contributed by atoms with van der Waals surface area (Å²) in [4.78, 5) is 15.0. The normalized spacial score (nSPS) is 14.9. The Morgan fingerprint density at radius 3 is 2.30 bits per heavy atom. The number of halogens is 1. The lowest BCUT2D eigenvalue weighted by molar-refractivity contribution is -0.113. The van der Waals surface area contributed by atoms with Crippen molar-refractivity contribution < 1.29 is 9.53 Å². The summed E-state index contributed by atoms with van der Waals surface area (Å²) in [7, 11) is 1.62. The molecule has 4 rings (SSSR count). The topological polar surface area (TPSA) is 29.5 Å². The number of rotatable bonds is 4. The Bertz CT molecular complexity index is 1010. The second-order valence-corrected chi connectivity index (χ2v) is 6.69. The number of hydrogen-bond donors (Lipinski definition) is 0. The van der Waals surface area contributed by atoms with Gasteiger partial charge in [0, 0.05) is 5.56 Å². The van der Waals surface area contributed by atoms with E-state index in [1.165, 1.54) is 0 Å². The smallest absolute Gasteiger partial charge is 0.260 e. The standard InChI is InChI=1S/C23H18ClNO2/c1-27-18-13-11-17(12-14-18)22(24)21-19-9-5-6-10-20(19)25(23(21)26)15-16-7-3-2-4-8-16/h2-14H,15H2,1H3/b22-21-. The zero-order chi connectivity index (χ0) is 18.8. The van der Waals surface area contributed by atoms with Crippen LogP contribution in [-0.4, -0.2) is 13.0 Å². The average molecular weight is 376 g/mol. The first-order chi connectivity index (χ1) is 13.2. The molecule has 0 fully saturated rings. The minimum absolute atomic E-state index is 0.0825. The number of carbonyl (C=O) groups is 1. The van der Waals surface area contributed by atoms with Crippen molar-refractivity contribution in [1.82, 2.24) is 0 Å². The number of fused-ring (bicyclic) bond motifs is 1.